The number of aromatic nitrogens is 4. The highest BCUT2D eigenvalue weighted by molar-refractivity contribution is 6.24. The van der Waals surface area contributed by atoms with E-state index in [4.69, 9.17) is 9.73 Å². The summed E-state index contributed by atoms with van der Waals surface area (Å²) in [7, 11) is 0. The predicted molar refractivity (Wildman–Crippen MR) is 146 cm³/mol. The minimum atomic E-state index is -1.35. The maximum Gasteiger partial charge on any atom is 0.326 e. The zero-order chi connectivity index (χ0) is 27.8. The number of benzene rings is 2. The average Bonchev–Trinajstić information content (AvgIpc) is 3.67. The first-order valence-electron chi connectivity index (χ1n) is 13.8. The zero-order valence-electron chi connectivity index (χ0n) is 22.5. The summed E-state index contributed by atoms with van der Waals surface area (Å²) in [6, 6.07) is 15.6. The van der Waals surface area contributed by atoms with Crippen LogP contribution >= 0.6 is 0 Å². The number of aliphatic imine (C=N–C) groups is 1. The summed E-state index contributed by atoms with van der Waals surface area (Å²) < 4.78 is 5.03. The lowest BCUT2D eigenvalue weighted by Crippen LogP contribution is -2.55. The molecule has 4 atom stereocenters. The van der Waals surface area contributed by atoms with Crippen LogP contribution in [0.1, 0.15) is 38.7 Å². The summed E-state index contributed by atoms with van der Waals surface area (Å²) in [6.07, 6.45) is 2.20. The molecule has 3 aliphatic rings. The van der Waals surface area contributed by atoms with Crippen molar-refractivity contribution in [2.45, 2.75) is 57.9 Å². The number of Topliss-reactive ketones (excluding diaryl/α,β-unsaturated/α-hetero) is 1. The molecular weight excluding hydrogens is 510 g/mol. The van der Waals surface area contributed by atoms with Crippen LogP contribution in [-0.4, -0.2) is 85.2 Å². The summed E-state index contributed by atoms with van der Waals surface area (Å²) in [5.41, 5.74) is 5.01. The van der Waals surface area contributed by atoms with E-state index < -0.39 is 23.8 Å². The number of aromatic amines is 1. The Kier molecular flexibility index (Phi) is 6.97. The van der Waals surface area contributed by atoms with E-state index in [1.807, 2.05) is 24.3 Å². The fourth-order valence-electron chi connectivity index (χ4n) is 6.10. The molecule has 3 aliphatic heterocycles. The van der Waals surface area contributed by atoms with Crippen molar-refractivity contribution < 1.29 is 19.1 Å². The van der Waals surface area contributed by atoms with Gasteiger partial charge in [-0.3, -0.25) is 24.3 Å². The van der Waals surface area contributed by atoms with Crippen molar-refractivity contribution in [1.29, 1.82) is 0 Å². The Hall–Kier alpha value is -4.25. The highest BCUT2D eigenvalue weighted by Crippen LogP contribution is 2.36. The molecule has 11 nitrogen and oxygen atoms in total. The zero-order valence-corrected chi connectivity index (χ0v) is 22.5. The van der Waals surface area contributed by atoms with E-state index in [-0.39, 0.29) is 24.6 Å². The quantitative estimate of drug-likeness (QED) is 0.340. The Balaban J connectivity index is 1.22. The standard InChI is InChI=1S/C29H31N7O4/c1-3-7-24-30-21-14-22-26(37)25(29(39)40-4-2)28(38)36(22)16-23(21)35(24)15-17-10-12-18(13-11-17)19-8-5-6-9-20(19)27-31-33-34-32-27/h5-6,8-13,22-25H,3-4,7,14-16H2,1-2H3,(H,31,32,33,34). The molecule has 0 aliphatic carbocycles. The Morgan fingerprint density at radius 3 is 2.52 bits per heavy atom. The van der Waals surface area contributed by atoms with E-state index in [0.29, 0.717) is 25.3 Å². The third kappa shape index (κ3) is 4.49. The van der Waals surface area contributed by atoms with Crippen molar-refractivity contribution in [1.82, 2.24) is 30.4 Å². The lowest BCUT2D eigenvalue weighted by Gasteiger charge is -2.38. The number of hydrogen-bond acceptors (Lipinski definition) is 9. The number of fused-ring (bicyclic) bond motifs is 2. The second-order valence-corrected chi connectivity index (χ2v) is 10.4. The predicted octanol–water partition coefficient (Wildman–Crippen LogP) is 2.65. The van der Waals surface area contributed by atoms with Gasteiger partial charge in [-0.25, -0.2) is 0 Å². The van der Waals surface area contributed by atoms with E-state index in [1.54, 1.807) is 11.8 Å². The molecule has 0 bridgehead atoms. The van der Waals surface area contributed by atoms with Crippen molar-refractivity contribution in [3.05, 3.63) is 54.1 Å². The monoisotopic (exact) mass is 541 g/mol. The summed E-state index contributed by atoms with van der Waals surface area (Å²) in [5, 5.41) is 14.5. The summed E-state index contributed by atoms with van der Waals surface area (Å²) >= 11 is 0. The number of amides is 1. The third-order valence-electron chi connectivity index (χ3n) is 7.99. The van der Waals surface area contributed by atoms with Gasteiger partial charge in [-0.1, -0.05) is 61.9 Å². The van der Waals surface area contributed by atoms with Gasteiger partial charge in [0.05, 0.1) is 18.7 Å². The molecule has 2 saturated heterocycles. The topological polar surface area (TPSA) is 134 Å². The number of hydrogen-bond donors (Lipinski definition) is 1. The Morgan fingerprint density at radius 1 is 1.05 bits per heavy atom. The van der Waals surface area contributed by atoms with Crippen LogP contribution in [0, 0.1) is 5.92 Å². The molecule has 0 radical (unpaired) electrons. The number of H-pyrrole nitrogens is 1. The number of tetrazole rings is 1. The molecular formula is C29H31N7O4. The van der Waals surface area contributed by atoms with Gasteiger partial charge in [-0.15, -0.1) is 10.2 Å². The Labute approximate surface area is 231 Å². The molecule has 206 valence electrons. The first-order chi connectivity index (χ1) is 19.5. The van der Waals surface area contributed by atoms with Gasteiger partial charge in [0.1, 0.15) is 6.17 Å². The lowest BCUT2D eigenvalue weighted by molar-refractivity contribution is -0.154. The maximum absolute atomic E-state index is 13.1. The number of nitrogens with one attached hydrogen (secondary N) is 1. The number of ketones is 1. The highest BCUT2D eigenvalue weighted by atomic mass is 16.5. The van der Waals surface area contributed by atoms with Gasteiger partial charge in [0.2, 0.25) is 11.7 Å². The van der Waals surface area contributed by atoms with Gasteiger partial charge in [-0.2, -0.15) is 5.21 Å². The van der Waals surface area contributed by atoms with E-state index in [2.05, 4.69) is 56.7 Å². The van der Waals surface area contributed by atoms with Gasteiger partial charge in [0.15, 0.2) is 11.7 Å². The summed E-state index contributed by atoms with van der Waals surface area (Å²) in [5.74, 6) is -2.38. The molecule has 3 aromatic rings. The van der Waals surface area contributed by atoms with E-state index in [9.17, 15) is 14.4 Å². The fraction of sp³-hybridized carbons (Fsp3) is 0.414. The Bertz CT molecular complexity index is 1450. The van der Waals surface area contributed by atoms with Crippen molar-refractivity contribution in [2.24, 2.45) is 10.9 Å². The SMILES string of the molecule is CCCC1N=C2CC3C(=O)C(C(=O)OCC)C(=O)N3CC2N1Cc1ccc(-c2ccccc2-c2nn[nH]n2)cc1. The molecule has 0 spiro atoms. The normalized spacial score (nSPS) is 24.1. The molecule has 2 aromatic carbocycles. The van der Waals surface area contributed by atoms with Crippen LogP contribution in [0.15, 0.2) is 53.5 Å². The third-order valence-corrected chi connectivity index (χ3v) is 7.99. The molecule has 1 amide bonds. The van der Waals surface area contributed by atoms with Gasteiger partial charge in [-0.05, 0) is 35.2 Å². The molecule has 4 unspecified atom stereocenters. The second kappa shape index (κ2) is 10.7. The largest absolute Gasteiger partial charge is 0.465 e. The van der Waals surface area contributed by atoms with Crippen molar-refractivity contribution >= 4 is 23.4 Å². The number of piperidine rings is 1. The number of rotatable bonds is 8. The highest BCUT2D eigenvalue weighted by Gasteiger charge is 2.56. The number of ether oxygens (including phenoxy) is 1. The van der Waals surface area contributed by atoms with Crippen molar-refractivity contribution in [3.63, 3.8) is 0 Å². The van der Waals surface area contributed by atoms with Crippen LogP contribution in [0.2, 0.25) is 0 Å². The van der Waals surface area contributed by atoms with Crippen LogP contribution in [0.3, 0.4) is 0 Å². The average molecular weight is 542 g/mol. The maximum atomic E-state index is 13.1. The van der Waals surface area contributed by atoms with E-state index >= 15 is 0 Å². The summed E-state index contributed by atoms with van der Waals surface area (Å²) in [6.45, 7) is 4.92. The number of nitrogens with zero attached hydrogens (tertiary/aromatic N) is 6. The second-order valence-electron chi connectivity index (χ2n) is 10.4. The van der Waals surface area contributed by atoms with Gasteiger partial charge in [0.25, 0.3) is 0 Å². The molecule has 6 rings (SSSR count). The van der Waals surface area contributed by atoms with Crippen LogP contribution in [0.25, 0.3) is 22.5 Å². The van der Waals surface area contributed by atoms with Crippen LogP contribution in [0.5, 0.6) is 0 Å². The van der Waals surface area contributed by atoms with Crippen molar-refractivity contribution in [3.8, 4) is 22.5 Å². The van der Waals surface area contributed by atoms with Gasteiger partial charge in [0, 0.05) is 30.8 Å². The Morgan fingerprint density at radius 2 is 1.82 bits per heavy atom. The fourth-order valence-corrected chi connectivity index (χ4v) is 6.10. The molecule has 1 aromatic heterocycles. The number of esters is 1. The van der Waals surface area contributed by atoms with Crippen LogP contribution in [0.4, 0.5) is 0 Å². The van der Waals surface area contributed by atoms with E-state index in [0.717, 1.165) is 40.8 Å². The molecule has 1 N–H and O–H groups in total. The molecule has 0 saturated carbocycles. The first kappa shape index (κ1) is 26.0. The number of carbonyl (C=O) groups is 3. The molecule has 40 heavy (non-hydrogen) atoms. The van der Waals surface area contributed by atoms with Gasteiger partial charge >= 0.3 is 5.97 Å². The lowest BCUT2D eigenvalue weighted by atomic mass is 9.93. The van der Waals surface area contributed by atoms with E-state index in [1.165, 1.54) is 0 Å². The minimum absolute atomic E-state index is 0.0188. The molecule has 4 heterocycles. The number of carbonyl (C=O) groups excluding carboxylic acids is 3. The minimum Gasteiger partial charge on any atom is -0.465 e. The first-order valence-corrected chi connectivity index (χ1v) is 13.8. The van der Waals surface area contributed by atoms with Gasteiger partial charge < -0.3 is 9.64 Å². The molecule has 11 heteroatoms. The smallest absolute Gasteiger partial charge is 0.326 e. The summed E-state index contributed by atoms with van der Waals surface area (Å²) in [4.78, 5) is 47.5. The van der Waals surface area contributed by atoms with Crippen LogP contribution in [-0.2, 0) is 25.7 Å². The van der Waals surface area contributed by atoms with Crippen molar-refractivity contribution in [2.75, 3.05) is 13.2 Å². The molecule has 2 fully saturated rings. The van der Waals surface area contributed by atoms with Crippen LogP contribution < -0.4 is 0 Å².